The van der Waals surface area contributed by atoms with Crippen molar-refractivity contribution in [1.82, 2.24) is 24.1 Å². The van der Waals surface area contributed by atoms with E-state index in [9.17, 15) is 5.11 Å². The second-order valence-corrected chi connectivity index (χ2v) is 7.91. The maximum absolute atomic E-state index is 9.22. The summed E-state index contributed by atoms with van der Waals surface area (Å²) in [6.45, 7) is 4.99. The van der Waals surface area contributed by atoms with E-state index in [2.05, 4.69) is 15.1 Å². The van der Waals surface area contributed by atoms with Crippen LogP contribution in [0.25, 0.3) is 11.3 Å². The predicted octanol–water partition coefficient (Wildman–Crippen LogP) is 3.06. The molecule has 0 fully saturated rings. The smallest absolute Gasteiger partial charge is 0.260 e. The highest BCUT2D eigenvalue weighted by atomic mass is 16.5. The Morgan fingerprint density at radius 3 is 2.85 bits per heavy atom. The summed E-state index contributed by atoms with van der Waals surface area (Å²) in [5.74, 6) is 0.916. The fraction of sp³-hybridized carbons (Fsp3) is 0.250. The van der Waals surface area contributed by atoms with E-state index in [1.807, 2.05) is 42.8 Å². The van der Waals surface area contributed by atoms with Gasteiger partial charge in [-0.25, -0.2) is 14.5 Å². The quantitative estimate of drug-likeness (QED) is 0.373. The molecule has 0 bridgehead atoms. The number of pyridine rings is 1. The summed E-state index contributed by atoms with van der Waals surface area (Å²) >= 11 is 0. The van der Waals surface area contributed by atoms with Crippen molar-refractivity contribution in [3.63, 3.8) is 0 Å². The average molecular weight is 460 g/mol. The number of H-pyrrole nitrogens is 1. The minimum absolute atomic E-state index is 0.0951. The minimum atomic E-state index is -0.139. The molecule has 4 heterocycles. The number of rotatable bonds is 8. The summed E-state index contributed by atoms with van der Waals surface area (Å²) in [5, 5.41) is 22.6. The highest BCUT2D eigenvalue weighted by molar-refractivity contribution is 6.54. The number of aromatic amines is 1. The second kappa shape index (κ2) is 8.99. The fourth-order valence-electron chi connectivity index (χ4n) is 3.92. The highest BCUT2D eigenvalue weighted by Gasteiger charge is 2.28. The van der Waals surface area contributed by atoms with Crippen molar-refractivity contribution in [3.8, 4) is 5.88 Å². The van der Waals surface area contributed by atoms with Crippen molar-refractivity contribution in [2.45, 2.75) is 20.4 Å². The largest absolute Gasteiger partial charge is 0.489 e. The summed E-state index contributed by atoms with van der Waals surface area (Å²) in [7, 11) is 0. The first-order valence-electron chi connectivity index (χ1n) is 11.0. The lowest BCUT2D eigenvalue weighted by atomic mass is 9.95. The van der Waals surface area contributed by atoms with Gasteiger partial charge in [0.1, 0.15) is 19.0 Å². The molecule has 10 heteroatoms. The lowest BCUT2D eigenvalue weighted by Crippen LogP contribution is -2.20. The molecule has 0 saturated carbocycles. The monoisotopic (exact) mass is 459 g/mol. The number of ether oxygens (including phenoxy) is 2. The van der Waals surface area contributed by atoms with Crippen LogP contribution in [0.3, 0.4) is 0 Å². The van der Waals surface area contributed by atoms with E-state index < -0.39 is 0 Å². The van der Waals surface area contributed by atoms with Gasteiger partial charge in [-0.3, -0.25) is 5.41 Å². The molecule has 3 N–H and O–H groups in total. The number of aliphatic imine (C=N–C) groups is 1. The Morgan fingerprint density at radius 1 is 1.18 bits per heavy atom. The molecule has 0 spiro atoms. The van der Waals surface area contributed by atoms with Crippen LogP contribution in [0.4, 0.5) is 5.69 Å². The lowest BCUT2D eigenvalue weighted by molar-refractivity contribution is 0.197. The lowest BCUT2D eigenvalue weighted by Gasteiger charge is -2.18. The average Bonchev–Trinajstić information content (AvgIpc) is 3.54. The summed E-state index contributed by atoms with van der Waals surface area (Å²) in [6.07, 6.45) is 8.93. The number of fused-ring (bicyclic) bond motifs is 2. The maximum Gasteiger partial charge on any atom is 0.260 e. The molecular weight excluding hydrogens is 434 g/mol. The van der Waals surface area contributed by atoms with Gasteiger partial charge >= 0.3 is 0 Å². The number of nitrogens with one attached hydrogen (secondary N) is 2. The van der Waals surface area contributed by atoms with Crippen molar-refractivity contribution in [2.24, 2.45) is 4.99 Å². The van der Waals surface area contributed by atoms with Gasteiger partial charge < -0.3 is 24.1 Å². The Bertz CT molecular complexity index is 1410. The molecule has 1 aliphatic carbocycles. The number of allylic oxidation sites excluding steroid dienone is 1. The molecule has 174 valence electrons. The number of nitrogens with zero attached hydrogens (tertiary/aromatic N) is 5. The van der Waals surface area contributed by atoms with Crippen LogP contribution in [-0.4, -0.2) is 60.5 Å². The molecule has 0 unspecified atom stereocenters. The fourth-order valence-corrected chi connectivity index (χ4v) is 3.92. The number of aliphatic hydroxyl groups is 1. The van der Waals surface area contributed by atoms with Gasteiger partial charge in [-0.15, -0.1) is 5.10 Å². The van der Waals surface area contributed by atoms with E-state index in [0.717, 1.165) is 28.0 Å². The molecule has 0 atom stereocenters. The molecule has 4 aromatic rings. The van der Waals surface area contributed by atoms with E-state index in [1.165, 1.54) is 0 Å². The first-order chi connectivity index (χ1) is 16.6. The molecular formula is C24H25N7O3. The van der Waals surface area contributed by atoms with Crippen LogP contribution in [0.5, 0.6) is 5.88 Å². The van der Waals surface area contributed by atoms with Gasteiger partial charge in [0.2, 0.25) is 0 Å². The third kappa shape index (κ3) is 3.88. The Morgan fingerprint density at radius 2 is 2.06 bits per heavy atom. The normalized spacial score (nSPS) is 14.5. The predicted molar refractivity (Wildman–Crippen MR) is 128 cm³/mol. The van der Waals surface area contributed by atoms with Gasteiger partial charge in [0.25, 0.3) is 5.88 Å². The molecule has 0 amide bonds. The van der Waals surface area contributed by atoms with Crippen LogP contribution in [0.2, 0.25) is 0 Å². The van der Waals surface area contributed by atoms with Gasteiger partial charge in [0, 0.05) is 35.9 Å². The highest BCUT2D eigenvalue weighted by Crippen LogP contribution is 2.35. The topological polar surface area (TPSA) is 126 Å². The van der Waals surface area contributed by atoms with Crippen LogP contribution < -0.4 is 4.74 Å². The van der Waals surface area contributed by atoms with E-state index in [-0.39, 0.29) is 13.2 Å². The summed E-state index contributed by atoms with van der Waals surface area (Å²) in [5.41, 5.74) is 5.47. The Hall–Kier alpha value is -4.18. The van der Waals surface area contributed by atoms with Crippen molar-refractivity contribution < 1.29 is 14.6 Å². The molecule has 1 aliphatic rings. The van der Waals surface area contributed by atoms with Crippen molar-refractivity contribution in [3.05, 3.63) is 71.7 Å². The maximum atomic E-state index is 9.22. The van der Waals surface area contributed by atoms with Crippen LogP contribution in [0.15, 0.2) is 54.2 Å². The van der Waals surface area contributed by atoms with Crippen LogP contribution >= 0.6 is 0 Å². The molecule has 4 aromatic heterocycles. The van der Waals surface area contributed by atoms with E-state index in [1.54, 1.807) is 29.3 Å². The number of hydrogen-bond donors (Lipinski definition) is 3. The summed E-state index contributed by atoms with van der Waals surface area (Å²) < 4.78 is 15.4. The van der Waals surface area contributed by atoms with Gasteiger partial charge in [-0.05, 0) is 31.5 Å². The summed E-state index contributed by atoms with van der Waals surface area (Å²) in [4.78, 5) is 12.2. The molecule has 0 saturated heterocycles. The molecule has 10 nitrogen and oxygen atoms in total. The standard InChI is InChI=1S/C24H25N7O3/c1-15-16(2)27-23-19(33-11-9-30-8-6-26-14-30)13-17(21(25)20(15)23)28-22-18-5-3-4-7-31(18)29-24(22)34-12-10-32/h3-8,13-14,25,27,32H,9-12H2,1-2H3/b25-21?,28-17-. The number of aryl methyl sites for hydroxylation is 1. The Kier molecular flexibility index (Phi) is 5.72. The van der Waals surface area contributed by atoms with E-state index in [0.29, 0.717) is 41.9 Å². The number of aromatic nitrogens is 5. The van der Waals surface area contributed by atoms with Crippen molar-refractivity contribution >= 4 is 28.4 Å². The zero-order valence-corrected chi connectivity index (χ0v) is 18.9. The number of imidazole rings is 1. The summed E-state index contributed by atoms with van der Waals surface area (Å²) in [6, 6.07) is 5.63. The van der Waals surface area contributed by atoms with Gasteiger partial charge in [-0.2, -0.15) is 0 Å². The van der Waals surface area contributed by atoms with E-state index in [4.69, 9.17) is 19.9 Å². The zero-order valence-electron chi connectivity index (χ0n) is 18.9. The molecule has 34 heavy (non-hydrogen) atoms. The second-order valence-electron chi connectivity index (χ2n) is 7.91. The third-order valence-corrected chi connectivity index (χ3v) is 5.73. The minimum Gasteiger partial charge on any atom is -0.489 e. The number of hydrogen-bond acceptors (Lipinski definition) is 7. The first-order valence-corrected chi connectivity index (χ1v) is 11.0. The van der Waals surface area contributed by atoms with Crippen LogP contribution in [0, 0.1) is 19.3 Å². The Balaban J connectivity index is 1.56. The first kappa shape index (κ1) is 21.7. The number of aliphatic hydroxyl groups excluding tert-OH is 1. The molecule has 0 aromatic carbocycles. The zero-order chi connectivity index (χ0) is 23.7. The SMILES string of the molecule is Cc1[nH]c2c(c1C)C(=N)/C(=N\c1c(OCCO)nn3ccccc13)C=C2OCCn1ccnc1. The third-order valence-electron chi connectivity index (χ3n) is 5.73. The molecule has 5 rings (SSSR count). The van der Waals surface area contributed by atoms with Crippen molar-refractivity contribution in [2.75, 3.05) is 19.8 Å². The van der Waals surface area contributed by atoms with Gasteiger partial charge in [-0.1, -0.05) is 6.07 Å². The van der Waals surface area contributed by atoms with Crippen molar-refractivity contribution in [1.29, 1.82) is 5.41 Å². The van der Waals surface area contributed by atoms with E-state index >= 15 is 0 Å². The Labute approximate surface area is 195 Å². The van der Waals surface area contributed by atoms with Gasteiger partial charge in [0.15, 0.2) is 5.69 Å². The van der Waals surface area contributed by atoms with Crippen LogP contribution in [-0.2, 0) is 11.3 Å². The van der Waals surface area contributed by atoms with Crippen LogP contribution in [0.1, 0.15) is 22.5 Å². The molecule has 0 aliphatic heterocycles. The van der Waals surface area contributed by atoms with Gasteiger partial charge in [0.05, 0.1) is 42.1 Å². The molecule has 0 radical (unpaired) electrons.